The molecular formula is C18H15ClF2N4OS. The van der Waals surface area contributed by atoms with Gasteiger partial charge in [0.05, 0.1) is 10.3 Å². The van der Waals surface area contributed by atoms with Crippen molar-refractivity contribution in [2.24, 2.45) is 7.05 Å². The van der Waals surface area contributed by atoms with Gasteiger partial charge < -0.3 is 9.88 Å². The maximum Gasteiger partial charge on any atom is 0.237 e. The van der Waals surface area contributed by atoms with E-state index in [1.54, 1.807) is 24.6 Å². The summed E-state index contributed by atoms with van der Waals surface area (Å²) in [4.78, 5) is 12.3. The zero-order chi connectivity index (χ0) is 19.6. The van der Waals surface area contributed by atoms with Gasteiger partial charge in [-0.3, -0.25) is 4.79 Å². The lowest BCUT2D eigenvalue weighted by molar-refractivity contribution is -0.115. The Morgan fingerprint density at radius 3 is 2.63 bits per heavy atom. The Hall–Kier alpha value is -2.45. The fraction of sp³-hybridized carbons (Fsp3) is 0.167. The molecule has 1 heterocycles. The number of rotatable bonds is 5. The Balaban J connectivity index is 1.72. The number of thioether (sulfide) groups is 1. The predicted octanol–water partition coefficient (Wildman–Crippen LogP) is 4.53. The van der Waals surface area contributed by atoms with Gasteiger partial charge in [-0.1, -0.05) is 35.5 Å². The van der Waals surface area contributed by atoms with Gasteiger partial charge in [-0.2, -0.15) is 0 Å². The van der Waals surface area contributed by atoms with E-state index in [9.17, 15) is 13.6 Å². The average Bonchev–Trinajstić information content (AvgIpc) is 2.99. The first-order chi connectivity index (χ1) is 12.9. The first-order valence-electron chi connectivity index (χ1n) is 7.93. The van der Waals surface area contributed by atoms with Crippen LogP contribution in [0.4, 0.5) is 14.5 Å². The molecule has 1 aromatic heterocycles. The summed E-state index contributed by atoms with van der Waals surface area (Å²) in [6.07, 6.45) is 0. The molecule has 2 aromatic carbocycles. The first-order valence-corrected chi connectivity index (χ1v) is 9.19. The molecule has 9 heteroatoms. The van der Waals surface area contributed by atoms with E-state index >= 15 is 0 Å². The third-order valence-electron chi connectivity index (χ3n) is 3.79. The number of hydrogen-bond donors (Lipinski definition) is 1. The topological polar surface area (TPSA) is 59.8 Å². The summed E-state index contributed by atoms with van der Waals surface area (Å²) in [5.41, 5.74) is 0.918. The van der Waals surface area contributed by atoms with Gasteiger partial charge in [-0.25, -0.2) is 8.78 Å². The third-order valence-corrected chi connectivity index (χ3v) is 5.25. The number of nitrogens with zero attached hydrogens (tertiary/aromatic N) is 3. The maximum atomic E-state index is 13.3. The van der Waals surface area contributed by atoms with Crippen LogP contribution in [0.1, 0.15) is 6.92 Å². The minimum absolute atomic E-state index is 0.182. The zero-order valence-corrected chi connectivity index (χ0v) is 16.0. The number of carbonyl (C=O) groups excluding carboxylic acids is 1. The summed E-state index contributed by atoms with van der Waals surface area (Å²) in [5.74, 6) is -1.78. The van der Waals surface area contributed by atoms with E-state index in [1.165, 1.54) is 17.8 Å². The lowest BCUT2D eigenvalue weighted by Gasteiger charge is -2.12. The van der Waals surface area contributed by atoms with E-state index in [-0.39, 0.29) is 11.6 Å². The van der Waals surface area contributed by atoms with Crippen molar-refractivity contribution in [3.63, 3.8) is 0 Å². The zero-order valence-electron chi connectivity index (χ0n) is 14.4. The number of nitrogens with one attached hydrogen (secondary N) is 1. The Morgan fingerprint density at radius 2 is 1.93 bits per heavy atom. The molecule has 0 saturated heterocycles. The second-order valence-corrected chi connectivity index (χ2v) is 7.44. The summed E-state index contributed by atoms with van der Waals surface area (Å²) in [5, 5.41) is 11.4. The van der Waals surface area contributed by atoms with Crippen molar-refractivity contribution in [1.82, 2.24) is 14.8 Å². The molecule has 3 rings (SSSR count). The monoisotopic (exact) mass is 408 g/mol. The van der Waals surface area contributed by atoms with Crippen LogP contribution in [0.15, 0.2) is 47.6 Å². The molecule has 1 N–H and O–H groups in total. The molecule has 0 aliphatic heterocycles. The molecule has 1 amide bonds. The van der Waals surface area contributed by atoms with Crippen LogP contribution >= 0.6 is 23.4 Å². The average molecular weight is 409 g/mol. The normalized spacial score (nSPS) is 12.0. The van der Waals surface area contributed by atoms with Crippen LogP contribution in [0.2, 0.25) is 5.02 Å². The van der Waals surface area contributed by atoms with E-state index in [2.05, 4.69) is 15.5 Å². The van der Waals surface area contributed by atoms with Gasteiger partial charge in [-0.15, -0.1) is 10.2 Å². The van der Waals surface area contributed by atoms with Gasteiger partial charge in [0.15, 0.2) is 22.6 Å². The SMILES string of the molecule is C[C@H](Sc1nnc(-c2ccccc2Cl)n1C)C(=O)Nc1ccc(F)c(F)c1. The molecule has 0 unspecified atom stereocenters. The van der Waals surface area contributed by atoms with Crippen LogP contribution in [0.25, 0.3) is 11.4 Å². The second-order valence-electron chi connectivity index (χ2n) is 5.72. The maximum absolute atomic E-state index is 13.3. The summed E-state index contributed by atoms with van der Waals surface area (Å²) in [6, 6.07) is 10.5. The van der Waals surface area contributed by atoms with Gasteiger partial charge in [-0.05, 0) is 31.2 Å². The molecule has 140 valence electrons. The molecule has 0 bridgehead atoms. The molecule has 0 spiro atoms. The lowest BCUT2D eigenvalue weighted by atomic mass is 10.2. The van der Waals surface area contributed by atoms with Crippen LogP contribution in [0.3, 0.4) is 0 Å². The quantitative estimate of drug-likeness (QED) is 0.630. The Labute approximate surface area is 163 Å². The highest BCUT2D eigenvalue weighted by molar-refractivity contribution is 8.00. The van der Waals surface area contributed by atoms with Crippen molar-refractivity contribution in [1.29, 1.82) is 0 Å². The number of amides is 1. The number of aromatic nitrogens is 3. The van der Waals surface area contributed by atoms with Crippen molar-refractivity contribution >= 4 is 35.0 Å². The molecule has 1 atom stereocenters. The smallest absolute Gasteiger partial charge is 0.237 e. The van der Waals surface area contributed by atoms with Gasteiger partial charge >= 0.3 is 0 Å². The summed E-state index contributed by atoms with van der Waals surface area (Å²) < 4.78 is 28.0. The van der Waals surface area contributed by atoms with E-state index in [4.69, 9.17) is 11.6 Å². The second kappa shape index (κ2) is 8.06. The number of hydrogen-bond acceptors (Lipinski definition) is 4. The largest absolute Gasteiger partial charge is 0.325 e. The van der Waals surface area contributed by atoms with Gasteiger partial charge in [0.1, 0.15) is 0 Å². The molecule has 0 aliphatic carbocycles. The Kier molecular flexibility index (Phi) is 5.76. The molecule has 0 radical (unpaired) electrons. The molecule has 0 aliphatic rings. The molecule has 5 nitrogen and oxygen atoms in total. The Morgan fingerprint density at radius 1 is 1.19 bits per heavy atom. The highest BCUT2D eigenvalue weighted by atomic mass is 35.5. The standard InChI is InChI=1S/C18H15ClF2N4OS/c1-10(17(26)22-11-7-8-14(20)15(21)9-11)27-18-24-23-16(25(18)2)12-5-3-4-6-13(12)19/h3-10H,1-2H3,(H,22,26)/t10-/m0/s1. The van der Waals surface area contributed by atoms with E-state index < -0.39 is 16.9 Å². The predicted molar refractivity (Wildman–Crippen MR) is 102 cm³/mol. The first kappa shape index (κ1) is 19.3. The van der Waals surface area contributed by atoms with Crippen LogP contribution in [0.5, 0.6) is 0 Å². The minimum Gasteiger partial charge on any atom is -0.325 e. The van der Waals surface area contributed by atoms with Gasteiger partial charge in [0.2, 0.25) is 5.91 Å². The van der Waals surface area contributed by atoms with Crippen molar-refractivity contribution in [2.75, 3.05) is 5.32 Å². The molecule has 27 heavy (non-hydrogen) atoms. The number of anilines is 1. The Bertz CT molecular complexity index is 995. The lowest BCUT2D eigenvalue weighted by Crippen LogP contribution is -2.23. The van der Waals surface area contributed by atoms with Crippen molar-refractivity contribution in [3.8, 4) is 11.4 Å². The van der Waals surface area contributed by atoms with E-state index in [0.29, 0.717) is 16.0 Å². The van der Waals surface area contributed by atoms with Crippen molar-refractivity contribution < 1.29 is 13.6 Å². The van der Waals surface area contributed by atoms with E-state index in [0.717, 1.165) is 17.7 Å². The van der Waals surface area contributed by atoms with Crippen molar-refractivity contribution in [2.45, 2.75) is 17.3 Å². The highest BCUT2D eigenvalue weighted by Gasteiger charge is 2.20. The summed E-state index contributed by atoms with van der Waals surface area (Å²) in [6.45, 7) is 1.68. The molecule has 0 saturated carbocycles. The summed E-state index contributed by atoms with van der Waals surface area (Å²) in [7, 11) is 1.78. The number of benzene rings is 2. The fourth-order valence-corrected chi connectivity index (χ4v) is 3.36. The molecule has 0 fully saturated rings. The van der Waals surface area contributed by atoms with Crippen LogP contribution in [0, 0.1) is 11.6 Å². The minimum atomic E-state index is -1.02. The van der Waals surface area contributed by atoms with Crippen molar-refractivity contribution in [3.05, 3.63) is 59.1 Å². The highest BCUT2D eigenvalue weighted by Crippen LogP contribution is 2.30. The molecular weight excluding hydrogens is 394 g/mol. The van der Waals surface area contributed by atoms with Gasteiger partial charge in [0.25, 0.3) is 0 Å². The summed E-state index contributed by atoms with van der Waals surface area (Å²) >= 11 is 7.39. The fourth-order valence-electron chi connectivity index (χ4n) is 2.32. The molecule has 3 aromatic rings. The van der Waals surface area contributed by atoms with Crippen LogP contribution < -0.4 is 5.32 Å². The van der Waals surface area contributed by atoms with E-state index in [1.807, 2.05) is 18.2 Å². The van der Waals surface area contributed by atoms with Crippen LogP contribution in [-0.2, 0) is 11.8 Å². The van der Waals surface area contributed by atoms with Crippen LogP contribution in [-0.4, -0.2) is 25.9 Å². The number of carbonyl (C=O) groups is 1. The number of halogens is 3. The van der Waals surface area contributed by atoms with Gasteiger partial charge in [0, 0.05) is 24.4 Å². The third kappa shape index (κ3) is 4.28.